The van der Waals surface area contributed by atoms with Crippen LogP contribution in [0.4, 0.5) is 3.89 Å². The van der Waals surface area contributed by atoms with Gasteiger partial charge in [-0.1, -0.05) is 25.8 Å². The van der Waals surface area contributed by atoms with Crippen LogP contribution in [0.15, 0.2) is 58.5 Å². The van der Waals surface area contributed by atoms with E-state index in [1.165, 1.54) is 12.3 Å². The largest absolute Gasteiger partial charge is 0.493 e. The van der Waals surface area contributed by atoms with Gasteiger partial charge in [-0.3, -0.25) is 9.78 Å². The highest BCUT2D eigenvalue weighted by Crippen LogP contribution is 2.43. The zero-order chi connectivity index (χ0) is 26.8. The molecule has 0 radical (unpaired) electrons. The molecule has 0 unspecified atom stereocenters. The van der Waals surface area contributed by atoms with Crippen molar-refractivity contribution in [1.82, 2.24) is 14.5 Å². The second-order valence-corrected chi connectivity index (χ2v) is 11.4. The van der Waals surface area contributed by atoms with Crippen LogP contribution in [0.3, 0.4) is 0 Å². The van der Waals surface area contributed by atoms with Crippen LogP contribution in [0, 0.1) is 18.3 Å². The van der Waals surface area contributed by atoms with Crippen LogP contribution < -0.4 is 10.2 Å². The van der Waals surface area contributed by atoms with E-state index in [1.54, 1.807) is 6.07 Å². The number of H-pyrrole nitrogens is 1. The molecule has 38 heavy (non-hydrogen) atoms. The first kappa shape index (κ1) is 24.2. The van der Waals surface area contributed by atoms with Gasteiger partial charge in [-0.25, -0.2) is 0 Å². The van der Waals surface area contributed by atoms with Crippen molar-refractivity contribution in [1.29, 1.82) is 0 Å². The molecule has 192 valence electrons. The number of aromatic amines is 1. The Kier molecular flexibility index (Phi) is 5.54. The van der Waals surface area contributed by atoms with Gasteiger partial charge in [-0.2, -0.15) is 8.42 Å². The van der Waals surface area contributed by atoms with Gasteiger partial charge in [-0.05, 0) is 49.1 Å². The Morgan fingerprint density at radius 2 is 1.97 bits per heavy atom. The molecule has 1 saturated carbocycles. The third kappa shape index (κ3) is 4.02. The molecular formula is C29H24FN3O4S. The predicted octanol–water partition coefficient (Wildman–Crippen LogP) is 5.71. The van der Waals surface area contributed by atoms with E-state index in [2.05, 4.69) is 20.5 Å². The van der Waals surface area contributed by atoms with Gasteiger partial charge in [0, 0.05) is 46.0 Å². The van der Waals surface area contributed by atoms with Gasteiger partial charge >= 0.3 is 10.2 Å². The van der Waals surface area contributed by atoms with Crippen LogP contribution in [0.2, 0.25) is 0 Å². The minimum absolute atomic E-state index is 0.147. The van der Waals surface area contributed by atoms with Crippen molar-refractivity contribution in [2.75, 3.05) is 6.61 Å². The number of rotatable bonds is 6. The standard InChI is InChI=1S/C29H24FN3O4S/c1-4-17-5-8-21-24(9-17)32-29-27(21)28(34)23-12-26(37-15-16(2)3)22(11-25(23)33(29)19-6-7-19)18-10-20(14-31-13-18)38(30,35)36/h1,5,8-14,16,19,32H,6-7,15H2,2-3H3. The maximum atomic E-state index is 14.0. The Labute approximate surface area is 218 Å². The van der Waals surface area contributed by atoms with E-state index in [0.717, 1.165) is 29.9 Å². The van der Waals surface area contributed by atoms with Gasteiger partial charge in [0.1, 0.15) is 16.3 Å². The SMILES string of the molecule is C#Cc1ccc2c(c1)[nH]c1c2c(=O)c2cc(OCC(C)C)c(-c3cncc(S(=O)(=O)F)c3)cc2n1C1CC1. The Balaban J connectivity index is 1.71. The Bertz CT molecular complexity index is 1980. The van der Waals surface area contributed by atoms with Gasteiger partial charge in [0.05, 0.1) is 22.9 Å². The number of nitrogens with one attached hydrogen (secondary N) is 1. The van der Waals surface area contributed by atoms with Crippen LogP contribution in [-0.2, 0) is 10.2 Å². The molecule has 0 spiro atoms. The normalized spacial score (nSPS) is 14.0. The number of halogens is 1. The molecule has 6 rings (SSSR count). The van der Waals surface area contributed by atoms with E-state index in [9.17, 15) is 17.1 Å². The van der Waals surface area contributed by atoms with Gasteiger partial charge in [0.2, 0.25) is 0 Å². The lowest BCUT2D eigenvalue weighted by Crippen LogP contribution is -2.12. The molecule has 1 fully saturated rings. The molecule has 5 aromatic rings. The second-order valence-electron chi connectivity index (χ2n) is 10.1. The van der Waals surface area contributed by atoms with Crippen molar-refractivity contribution in [3.05, 3.63) is 64.6 Å². The number of nitrogens with zero attached hydrogens (tertiary/aromatic N) is 2. The summed E-state index contributed by atoms with van der Waals surface area (Å²) in [5.41, 5.74) is 3.61. The molecule has 0 atom stereocenters. The summed E-state index contributed by atoms with van der Waals surface area (Å²) < 4.78 is 45.3. The zero-order valence-corrected chi connectivity index (χ0v) is 21.6. The summed E-state index contributed by atoms with van der Waals surface area (Å²) >= 11 is 0. The summed E-state index contributed by atoms with van der Waals surface area (Å²) in [5.74, 6) is 3.23. The van der Waals surface area contributed by atoms with Crippen LogP contribution in [0.5, 0.6) is 5.75 Å². The molecule has 1 N–H and O–H groups in total. The lowest BCUT2D eigenvalue weighted by Gasteiger charge is -2.18. The Morgan fingerprint density at radius 3 is 2.66 bits per heavy atom. The lowest BCUT2D eigenvalue weighted by atomic mass is 10.0. The van der Waals surface area contributed by atoms with Crippen molar-refractivity contribution >= 4 is 43.1 Å². The van der Waals surface area contributed by atoms with Crippen LogP contribution >= 0.6 is 0 Å². The highest BCUT2D eigenvalue weighted by Gasteiger charge is 2.29. The average Bonchev–Trinajstić information content (AvgIpc) is 3.65. The summed E-state index contributed by atoms with van der Waals surface area (Å²) in [4.78, 5) is 20.8. The maximum absolute atomic E-state index is 14.0. The van der Waals surface area contributed by atoms with E-state index in [1.807, 2.05) is 38.1 Å². The summed E-state index contributed by atoms with van der Waals surface area (Å²) in [5, 5.41) is 1.85. The minimum atomic E-state index is -4.96. The van der Waals surface area contributed by atoms with E-state index in [4.69, 9.17) is 11.2 Å². The molecule has 0 saturated heterocycles. The van der Waals surface area contributed by atoms with Crippen molar-refractivity contribution in [3.63, 3.8) is 0 Å². The second kappa shape index (κ2) is 8.71. The number of aromatic nitrogens is 3. The molecule has 3 aromatic heterocycles. The molecule has 7 nitrogen and oxygen atoms in total. The lowest BCUT2D eigenvalue weighted by molar-refractivity contribution is 0.272. The van der Waals surface area contributed by atoms with Crippen molar-refractivity contribution in [2.45, 2.75) is 37.6 Å². The number of pyridine rings is 2. The quantitative estimate of drug-likeness (QED) is 0.225. The molecule has 0 aliphatic heterocycles. The van der Waals surface area contributed by atoms with Crippen molar-refractivity contribution in [2.24, 2.45) is 5.92 Å². The van der Waals surface area contributed by atoms with Crippen LogP contribution in [0.25, 0.3) is 44.0 Å². The molecule has 2 aromatic carbocycles. The van der Waals surface area contributed by atoms with Crippen molar-refractivity contribution < 1.29 is 17.0 Å². The number of hydrogen-bond donors (Lipinski definition) is 1. The summed E-state index contributed by atoms with van der Waals surface area (Å²) in [6, 6.07) is 10.5. The molecule has 9 heteroatoms. The van der Waals surface area contributed by atoms with Gasteiger partial charge in [-0.15, -0.1) is 10.3 Å². The maximum Gasteiger partial charge on any atom is 0.333 e. The zero-order valence-electron chi connectivity index (χ0n) is 20.8. The van der Waals surface area contributed by atoms with E-state index < -0.39 is 15.1 Å². The smallest absolute Gasteiger partial charge is 0.333 e. The number of hydrogen-bond acceptors (Lipinski definition) is 5. The first-order chi connectivity index (χ1) is 18.2. The van der Waals surface area contributed by atoms with Gasteiger partial charge in [0.15, 0.2) is 5.43 Å². The Morgan fingerprint density at radius 1 is 1.18 bits per heavy atom. The number of fused-ring (bicyclic) bond motifs is 4. The first-order valence-electron chi connectivity index (χ1n) is 12.3. The monoisotopic (exact) mass is 529 g/mol. The topological polar surface area (TPSA) is 94.1 Å². The average molecular weight is 530 g/mol. The minimum Gasteiger partial charge on any atom is -0.493 e. The first-order valence-corrected chi connectivity index (χ1v) is 13.7. The van der Waals surface area contributed by atoms with Crippen LogP contribution in [-0.4, -0.2) is 29.6 Å². The van der Waals surface area contributed by atoms with E-state index in [0.29, 0.717) is 51.0 Å². The predicted molar refractivity (Wildman–Crippen MR) is 146 cm³/mol. The molecule has 0 bridgehead atoms. The molecule has 3 heterocycles. The van der Waals surface area contributed by atoms with E-state index >= 15 is 0 Å². The summed E-state index contributed by atoms with van der Waals surface area (Å²) in [6.45, 7) is 4.37. The highest BCUT2D eigenvalue weighted by atomic mass is 32.3. The number of benzene rings is 2. The summed E-state index contributed by atoms with van der Waals surface area (Å²) in [7, 11) is -4.96. The van der Waals surface area contributed by atoms with Gasteiger partial charge < -0.3 is 14.3 Å². The molecule has 1 aliphatic carbocycles. The highest BCUT2D eigenvalue weighted by molar-refractivity contribution is 7.86. The van der Waals surface area contributed by atoms with Crippen molar-refractivity contribution in [3.8, 4) is 29.2 Å². The molecule has 1 aliphatic rings. The third-order valence-electron chi connectivity index (χ3n) is 6.81. The number of ether oxygens (including phenoxy) is 1. The van der Waals surface area contributed by atoms with E-state index in [-0.39, 0.29) is 17.4 Å². The molecular weight excluding hydrogens is 505 g/mol. The fourth-order valence-electron chi connectivity index (χ4n) is 4.90. The molecule has 0 amide bonds. The fourth-order valence-corrected chi connectivity index (χ4v) is 5.36. The number of terminal acetylenes is 1. The summed E-state index contributed by atoms with van der Waals surface area (Å²) in [6.07, 6.45) is 9.93. The third-order valence-corrected chi connectivity index (χ3v) is 7.59. The van der Waals surface area contributed by atoms with Crippen LogP contribution in [0.1, 0.15) is 38.3 Å². The fraction of sp³-hybridized carbons (Fsp3) is 0.241. The Hall–Kier alpha value is -4.16. The van der Waals surface area contributed by atoms with Gasteiger partial charge in [0.25, 0.3) is 0 Å².